The highest BCUT2D eigenvalue weighted by Crippen LogP contribution is 2.32. The van der Waals surface area contributed by atoms with Gasteiger partial charge in [0.2, 0.25) is 0 Å². The molecule has 0 aliphatic heterocycles. The second kappa shape index (κ2) is 5.28. The first kappa shape index (κ1) is 14.6. The summed E-state index contributed by atoms with van der Waals surface area (Å²) in [7, 11) is 0. The van der Waals surface area contributed by atoms with Crippen LogP contribution in [0.15, 0.2) is 34.9 Å². The van der Waals surface area contributed by atoms with E-state index in [-0.39, 0.29) is 6.54 Å². The first-order chi connectivity index (χ1) is 9.30. The SMILES string of the molecule is O=C(O)c1cnn(Cc2ccccc2Br)c1C(F)(F)F. The Morgan fingerprint density at radius 1 is 1.35 bits per heavy atom. The zero-order valence-electron chi connectivity index (χ0n) is 9.86. The first-order valence-corrected chi connectivity index (χ1v) is 6.19. The average Bonchev–Trinajstić information content (AvgIpc) is 2.76. The van der Waals surface area contributed by atoms with Gasteiger partial charge in [0.25, 0.3) is 0 Å². The van der Waals surface area contributed by atoms with Crippen molar-refractivity contribution in [1.29, 1.82) is 0 Å². The van der Waals surface area contributed by atoms with Gasteiger partial charge in [-0.15, -0.1) is 0 Å². The molecular formula is C12H8BrF3N2O2. The topological polar surface area (TPSA) is 55.1 Å². The van der Waals surface area contributed by atoms with Gasteiger partial charge in [0, 0.05) is 4.47 Å². The number of carboxylic acid groups (broad SMARTS) is 1. The molecule has 0 fully saturated rings. The molecule has 1 aromatic carbocycles. The van der Waals surface area contributed by atoms with Crippen LogP contribution in [-0.4, -0.2) is 20.9 Å². The van der Waals surface area contributed by atoms with E-state index >= 15 is 0 Å². The molecule has 0 saturated carbocycles. The monoisotopic (exact) mass is 348 g/mol. The minimum Gasteiger partial charge on any atom is -0.478 e. The predicted octanol–water partition coefficient (Wildman–Crippen LogP) is 3.41. The third kappa shape index (κ3) is 2.84. The van der Waals surface area contributed by atoms with E-state index in [0.717, 1.165) is 0 Å². The van der Waals surface area contributed by atoms with Gasteiger partial charge in [0.15, 0.2) is 5.69 Å². The lowest BCUT2D eigenvalue weighted by Crippen LogP contribution is -2.19. The highest BCUT2D eigenvalue weighted by Gasteiger charge is 2.40. The smallest absolute Gasteiger partial charge is 0.433 e. The van der Waals surface area contributed by atoms with Gasteiger partial charge >= 0.3 is 12.1 Å². The summed E-state index contributed by atoms with van der Waals surface area (Å²) in [5.41, 5.74) is -1.55. The van der Waals surface area contributed by atoms with E-state index in [2.05, 4.69) is 21.0 Å². The summed E-state index contributed by atoms with van der Waals surface area (Å²) in [6.45, 7) is -0.177. The average molecular weight is 349 g/mol. The number of halogens is 4. The third-order valence-electron chi connectivity index (χ3n) is 2.62. The number of rotatable bonds is 3. The molecule has 8 heteroatoms. The molecule has 0 atom stereocenters. The Balaban J connectivity index is 2.48. The van der Waals surface area contributed by atoms with Crippen LogP contribution >= 0.6 is 15.9 Å². The molecule has 106 valence electrons. The number of benzene rings is 1. The van der Waals surface area contributed by atoms with Crippen molar-refractivity contribution in [2.24, 2.45) is 0 Å². The molecule has 0 amide bonds. The maximum atomic E-state index is 13.0. The van der Waals surface area contributed by atoms with Gasteiger partial charge in [-0.2, -0.15) is 18.3 Å². The second-order valence-electron chi connectivity index (χ2n) is 3.96. The Morgan fingerprint density at radius 3 is 2.55 bits per heavy atom. The highest BCUT2D eigenvalue weighted by atomic mass is 79.9. The Kier molecular flexibility index (Phi) is 3.85. The van der Waals surface area contributed by atoms with E-state index in [1.807, 2.05) is 0 Å². The number of alkyl halides is 3. The Morgan fingerprint density at radius 2 is 2.00 bits per heavy atom. The Hall–Kier alpha value is -1.83. The fourth-order valence-electron chi connectivity index (χ4n) is 1.75. The van der Waals surface area contributed by atoms with Gasteiger partial charge in [-0.05, 0) is 11.6 Å². The quantitative estimate of drug-likeness (QED) is 0.924. The van der Waals surface area contributed by atoms with Crippen LogP contribution in [0.25, 0.3) is 0 Å². The summed E-state index contributed by atoms with van der Waals surface area (Å²) in [6, 6.07) is 6.72. The fourth-order valence-corrected chi connectivity index (χ4v) is 2.16. The zero-order chi connectivity index (χ0) is 14.9. The summed E-state index contributed by atoms with van der Waals surface area (Å²) < 4.78 is 40.2. The van der Waals surface area contributed by atoms with Crippen LogP contribution in [0.2, 0.25) is 0 Å². The van der Waals surface area contributed by atoms with E-state index < -0.39 is 23.4 Å². The molecule has 0 saturated heterocycles. The number of aromatic carboxylic acids is 1. The van der Waals surface area contributed by atoms with Crippen LogP contribution in [-0.2, 0) is 12.7 Å². The van der Waals surface area contributed by atoms with Crippen LogP contribution in [0.3, 0.4) is 0 Å². The zero-order valence-corrected chi connectivity index (χ0v) is 11.4. The number of nitrogens with zero attached hydrogens (tertiary/aromatic N) is 2. The largest absolute Gasteiger partial charge is 0.478 e. The fraction of sp³-hybridized carbons (Fsp3) is 0.167. The molecule has 1 aromatic heterocycles. The van der Waals surface area contributed by atoms with Crippen molar-refractivity contribution < 1.29 is 23.1 Å². The lowest BCUT2D eigenvalue weighted by Gasteiger charge is -2.12. The summed E-state index contributed by atoms with van der Waals surface area (Å²) in [6.07, 6.45) is -4.08. The van der Waals surface area contributed by atoms with Crippen LogP contribution in [0.5, 0.6) is 0 Å². The molecule has 0 aliphatic carbocycles. The van der Waals surface area contributed by atoms with E-state index in [1.165, 1.54) is 0 Å². The molecule has 20 heavy (non-hydrogen) atoms. The third-order valence-corrected chi connectivity index (χ3v) is 3.39. The molecule has 1 N–H and O–H groups in total. The molecule has 0 bridgehead atoms. The van der Waals surface area contributed by atoms with Crippen molar-refractivity contribution >= 4 is 21.9 Å². The minimum atomic E-state index is -4.79. The lowest BCUT2D eigenvalue weighted by molar-refractivity contribution is -0.144. The van der Waals surface area contributed by atoms with Gasteiger partial charge in [-0.25, -0.2) is 4.79 Å². The van der Waals surface area contributed by atoms with Gasteiger partial charge in [0.05, 0.1) is 12.7 Å². The molecule has 0 radical (unpaired) electrons. The van der Waals surface area contributed by atoms with Gasteiger partial charge in [0.1, 0.15) is 5.56 Å². The van der Waals surface area contributed by atoms with Crippen LogP contribution < -0.4 is 0 Å². The molecule has 0 aliphatic rings. The van der Waals surface area contributed by atoms with Gasteiger partial charge in [-0.3, -0.25) is 4.68 Å². The number of carboxylic acids is 1. The summed E-state index contributed by atoms with van der Waals surface area (Å²) in [5, 5.41) is 12.3. The Labute approximate surface area is 120 Å². The first-order valence-electron chi connectivity index (χ1n) is 5.40. The molecule has 2 rings (SSSR count). The summed E-state index contributed by atoms with van der Waals surface area (Å²) >= 11 is 3.23. The molecule has 2 aromatic rings. The number of hydrogen-bond acceptors (Lipinski definition) is 2. The minimum absolute atomic E-state index is 0.177. The molecule has 0 spiro atoms. The van der Waals surface area contributed by atoms with E-state index in [1.54, 1.807) is 24.3 Å². The van der Waals surface area contributed by atoms with E-state index in [0.29, 0.717) is 20.9 Å². The van der Waals surface area contributed by atoms with Crippen molar-refractivity contribution in [3.05, 3.63) is 51.8 Å². The lowest BCUT2D eigenvalue weighted by atomic mass is 10.2. The predicted molar refractivity (Wildman–Crippen MR) is 67.4 cm³/mol. The van der Waals surface area contributed by atoms with Crippen molar-refractivity contribution in [2.75, 3.05) is 0 Å². The van der Waals surface area contributed by atoms with Crippen LogP contribution in [0.4, 0.5) is 13.2 Å². The second-order valence-corrected chi connectivity index (χ2v) is 4.81. The number of carbonyl (C=O) groups is 1. The van der Waals surface area contributed by atoms with Gasteiger partial charge in [-0.1, -0.05) is 34.1 Å². The standard InChI is InChI=1S/C12H8BrF3N2O2/c13-9-4-2-1-3-7(9)6-18-10(12(14,15)16)8(5-17-18)11(19)20/h1-5H,6H2,(H,19,20). The normalized spacial score (nSPS) is 11.6. The van der Waals surface area contributed by atoms with Crippen molar-refractivity contribution in [1.82, 2.24) is 9.78 Å². The van der Waals surface area contributed by atoms with Crippen molar-refractivity contribution in [3.8, 4) is 0 Å². The van der Waals surface area contributed by atoms with Crippen LogP contribution in [0.1, 0.15) is 21.6 Å². The van der Waals surface area contributed by atoms with Crippen molar-refractivity contribution in [3.63, 3.8) is 0 Å². The van der Waals surface area contributed by atoms with Crippen molar-refractivity contribution in [2.45, 2.75) is 12.7 Å². The maximum Gasteiger partial charge on any atom is 0.433 e. The molecule has 1 heterocycles. The Bertz CT molecular complexity index is 652. The highest BCUT2D eigenvalue weighted by molar-refractivity contribution is 9.10. The van der Waals surface area contributed by atoms with E-state index in [4.69, 9.17) is 5.11 Å². The maximum absolute atomic E-state index is 13.0. The summed E-state index contributed by atoms with van der Waals surface area (Å²) in [5.74, 6) is -1.66. The van der Waals surface area contributed by atoms with E-state index in [9.17, 15) is 18.0 Å². The van der Waals surface area contributed by atoms with Crippen LogP contribution in [0, 0.1) is 0 Å². The summed E-state index contributed by atoms with van der Waals surface area (Å²) in [4.78, 5) is 10.8. The van der Waals surface area contributed by atoms with Gasteiger partial charge < -0.3 is 5.11 Å². The number of aromatic nitrogens is 2. The molecular weight excluding hydrogens is 341 g/mol. The molecule has 0 unspecified atom stereocenters. The number of hydrogen-bond donors (Lipinski definition) is 1. The molecule has 4 nitrogen and oxygen atoms in total.